The summed E-state index contributed by atoms with van der Waals surface area (Å²) in [4.78, 5) is 23.8. The molecule has 8 nitrogen and oxygen atoms in total. The molecule has 188 valence electrons. The van der Waals surface area contributed by atoms with Crippen molar-refractivity contribution in [2.45, 2.75) is 38.0 Å². The number of rotatable bonds is 9. The van der Waals surface area contributed by atoms with Gasteiger partial charge in [-0.05, 0) is 48.2 Å². The van der Waals surface area contributed by atoms with E-state index in [1.807, 2.05) is 35.2 Å². The molecule has 1 aliphatic rings. The number of anilines is 1. The second-order valence-electron chi connectivity index (χ2n) is 8.49. The Morgan fingerprint density at radius 2 is 1.86 bits per heavy atom. The largest absolute Gasteiger partial charge is 0.387 e. The predicted molar refractivity (Wildman–Crippen MR) is 146 cm³/mol. The van der Waals surface area contributed by atoms with E-state index in [0.717, 1.165) is 29.5 Å². The number of carbonyl (C=O) groups is 1. The Kier molecular flexibility index (Phi) is 7.85. The average molecular weight is 524 g/mol. The van der Waals surface area contributed by atoms with Crippen LogP contribution >= 0.6 is 11.3 Å². The Hall–Kier alpha value is -3.50. The Bertz CT molecular complexity index is 1410. The van der Waals surface area contributed by atoms with Gasteiger partial charge in [-0.2, -0.15) is 0 Å². The van der Waals surface area contributed by atoms with Crippen molar-refractivity contribution in [3.05, 3.63) is 65.2 Å². The fraction of sp³-hybridized carbons (Fsp3) is 0.269. The van der Waals surface area contributed by atoms with E-state index in [1.165, 1.54) is 17.4 Å². The van der Waals surface area contributed by atoms with Crippen molar-refractivity contribution in [1.82, 2.24) is 9.88 Å². The van der Waals surface area contributed by atoms with Crippen LogP contribution in [0, 0.1) is 0 Å². The van der Waals surface area contributed by atoms with Gasteiger partial charge in [-0.3, -0.25) is 9.52 Å². The molecule has 0 fully saturated rings. The first-order valence-corrected chi connectivity index (χ1v) is 14.2. The van der Waals surface area contributed by atoms with Crippen molar-refractivity contribution in [3.8, 4) is 11.1 Å². The number of benzene rings is 2. The van der Waals surface area contributed by atoms with Crippen LogP contribution in [-0.4, -0.2) is 43.1 Å². The molecule has 0 saturated heterocycles. The normalized spacial score (nSPS) is 13.3. The fourth-order valence-corrected chi connectivity index (χ4v) is 5.89. The number of hydrogen-bond donors (Lipinski definition) is 2. The van der Waals surface area contributed by atoms with E-state index in [2.05, 4.69) is 28.5 Å². The number of fused-ring (bicyclic) bond motifs is 1. The molecule has 0 radical (unpaired) electrons. The molecule has 1 aromatic heterocycles. The lowest BCUT2D eigenvalue weighted by molar-refractivity contribution is -0.127. The second kappa shape index (κ2) is 11.0. The molecule has 0 spiro atoms. The SMILES string of the molecule is CCCN(CCC)C(=O)C1=Cc2ccc(-c3cccc(S(=O)(=O)Nc4nccs4)c3)cc2N=C(N)C1. The summed E-state index contributed by atoms with van der Waals surface area (Å²) < 4.78 is 28.1. The number of carbonyl (C=O) groups excluding carboxylic acids is 1. The van der Waals surface area contributed by atoms with Crippen molar-refractivity contribution in [2.75, 3.05) is 17.8 Å². The van der Waals surface area contributed by atoms with Crippen LogP contribution in [0.25, 0.3) is 17.2 Å². The maximum Gasteiger partial charge on any atom is 0.263 e. The third-order valence-electron chi connectivity index (χ3n) is 5.68. The molecular weight excluding hydrogens is 494 g/mol. The Labute approximate surface area is 215 Å². The van der Waals surface area contributed by atoms with Gasteiger partial charge >= 0.3 is 0 Å². The van der Waals surface area contributed by atoms with Gasteiger partial charge < -0.3 is 10.6 Å². The van der Waals surface area contributed by atoms with Crippen LogP contribution in [0.4, 0.5) is 10.8 Å². The molecule has 0 bridgehead atoms. The summed E-state index contributed by atoms with van der Waals surface area (Å²) in [5.74, 6) is 0.349. The molecule has 3 N–H and O–H groups in total. The first-order chi connectivity index (χ1) is 17.3. The molecule has 36 heavy (non-hydrogen) atoms. The van der Waals surface area contributed by atoms with E-state index in [9.17, 15) is 13.2 Å². The van der Waals surface area contributed by atoms with Gasteiger partial charge in [0, 0.05) is 42.2 Å². The standard InChI is InChI=1S/C26H29N5O3S2/c1-3-11-31(12-4-2)25(32)21-14-20-9-8-19(16-23(20)29-24(27)17-21)18-6-5-7-22(15-18)36(33,34)30-26-28-10-13-35-26/h5-10,13-16H,3-4,11-12,17H2,1-2H3,(H2,27,29)(H,28,30). The number of nitrogens with two attached hydrogens (primary N) is 1. The molecule has 4 rings (SSSR count). The zero-order chi connectivity index (χ0) is 25.7. The lowest BCUT2D eigenvalue weighted by Crippen LogP contribution is -2.34. The highest BCUT2D eigenvalue weighted by Gasteiger charge is 2.21. The predicted octanol–water partition coefficient (Wildman–Crippen LogP) is 5.04. The van der Waals surface area contributed by atoms with Gasteiger partial charge in [0.05, 0.1) is 10.6 Å². The van der Waals surface area contributed by atoms with Crippen molar-refractivity contribution in [2.24, 2.45) is 10.7 Å². The van der Waals surface area contributed by atoms with Gasteiger partial charge in [0.25, 0.3) is 10.0 Å². The van der Waals surface area contributed by atoms with E-state index in [0.29, 0.717) is 35.3 Å². The van der Waals surface area contributed by atoms with Crippen LogP contribution in [0.1, 0.15) is 38.7 Å². The molecule has 1 aliphatic heterocycles. The molecule has 3 aromatic rings. The van der Waals surface area contributed by atoms with Crippen LogP contribution < -0.4 is 10.5 Å². The lowest BCUT2D eigenvalue weighted by Gasteiger charge is -2.22. The fourth-order valence-electron chi connectivity index (χ4n) is 4.06. The number of aliphatic imine (C=N–C) groups is 1. The maximum absolute atomic E-state index is 13.2. The van der Waals surface area contributed by atoms with Crippen molar-refractivity contribution < 1.29 is 13.2 Å². The summed E-state index contributed by atoms with van der Waals surface area (Å²) in [6, 6.07) is 12.3. The van der Waals surface area contributed by atoms with Gasteiger partial charge in [-0.15, -0.1) is 11.3 Å². The number of nitrogens with one attached hydrogen (secondary N) is 1. The van der Waals surface area contributed by atoms with Crippen molar-refractivity contribution in [3.63, 3.8) is 0 Å². The third-order valence-corrected chi connectivity index (χ3v) is 7.83. The zero-order valence-electron chi connectivity index (χ0n) is 20.3. The lowest BCUT2D eigenvalue weighted by atomic mass is 10.0. The van der Waals surface area contributed by atoms with E-state index < -0.39 is 10.0 Å². The second-order valence-corrected chi connectivity index (χ2v) is 11.1. The van der Waals surface area contributed by atoms with Gasteiger partial charge in [0.2, 0.25) is 5.91 Å². The molecule has 0 aliphatic carbocycles. The molecule has 0 atom stereocenters. The summed E-state index contributed by atoms with van der Waals surface area (Å²) in [6.07, 6.45) is 5.46. The number of sulfonamides is 1. The van der Waals surface area contributed by atoms with E-state index in [-0.39, 0.29) is 17.2 Å². The maximum atomic E-state index is 13.2. The summed E-state index contributed by atoms with van der Waals surface area (Å²) in [5.41, 5.74) is 9.77. The third kappa shape index (κ3) is 5.83. The van der Waals surface area contributed by atoms with Crippen LogP contribution in [0.5, 0.6) is 0 Å². The van der Waals surface area contributed by atoms with Crippen molar-refractivity contribution in [1.29, 1.82) is 0 Å². The number of aromatic nitrogens is 1. The molecular formula is C26H29N5O3S2. The van der Waals surface area contributed by atoms with E-state index >= 15 is 0 Å². The number of hydrogen-bond acceptors (Lipinski definition) is 7. The highest BCUT2D eigenvalue weighted by atomic mass is 32.2. The molecule has 2 heterocycles. The van der Waals surface area contributed by atoms with Crippen LogP contribution in [0.3, 0.4) is 0 Å². The quantitative estimate of drug-likeness (QED) is 0.408. The number of amidine groups is 1. The molecule has 0 saturated carbocycles. The van der Waals surface area contributed by atoms with Crippen molar-refractivity contribution >= 4 is 50.0 Å². The highest BCUT2D eigenvalue weighted by Crippen LogP contribution is 2.33. The first-order valence-electron chi connectivity index (χ1n) is 11.8. The monoisotopic (exact) mass is 523 g/mol. The zero-order valence-corrected chi connectivity index (χ0v) is 21.9. The summed E-state index contributed by atoms with van der Waals surface area (Å²) in [5, 5.41) is 2.01. The highest BCUT2D eigenvalue weighted by molar-refractivity contribution is 7.93. The molecule has 1 amide bonds. The number of amides is 1. The smallest absolute Gasteiger partial charge is 0.263 e. The van der Waals surface area contributed by atoms with Gasteiger partial charge in [-0.25, -0.2) is 18.4 Å². The minimum Gasteiger partial charge on any atom is -0.387 e. The van der Waals surface area contributed by atoms with Crippen LogP contribution in [0.15, 0.2) is 69.5 Å². The van der Waals surface area contributed by atoms with Crippen LogP contribution in [0.2, 0.25) is 0 Å². The van der Waals surface area contributed by atoms with E-state index in [4.69, 9.17) is 5.73 Å². The molecule has 10 heteroatoms. The summed E-state index contributed by atoms with van der Waals surface area (Å²) in [7, 11) is -3.78. The van der Waals surface area contributed by atoms with Gasteiger partial charge in [0.15, 0.2) is 5.13 Å². The summed E-state index contributed by atoms with van der Waals surface area (Å²) >= 11 is 1.21. The Morgan fingerprint density at radius 3 is 2.56 bits per heavy atom. The molecule has 2 aromatic carbocycles. The number of thiazole rings is 1. The van der Waals surface area contributed by atoms with Crippen LogP contribution in [-0.2, 0) is 14.8 Å². The first kappa shape index (κ1) is 25.6. The summed E-state index contributed by atoms with van der Waals surface area (Å²) in [6.45, 7) is 5.51. The average Bonchev–Trinajstić information content (AvgIpc) is 3.29. The van der Waals surface area contributed by atoms with Gasteiger partial charge in [-0.1, -0.05) is 38.1 Å². The Balaban J connectivity index is 1.66. The van der Waals surface area contributed by atoms with E-state index in [1.54, 1.807) is 23.7 Å². The Morgan fingerprint density at radius 1 is 1.11 bits per heavy atom. The minimum absolute atomic E-state index is 0.0144. The minimum atomic E-state index is -3.78. The molecule has 0 unspecified atom stereocenters. The number of nitrogens with zero attached hydrogens (tertiary/aromatic N) is 3. The topological polar surface area (TPSA) is 118 Å². The van der Waals surface area contributed by atoms with Gasteiger partial charge in [0.1, 0.15) is 5.84 Å².